The molecule has 1 unspecified atom stereocenters. The van der Waals surface area contributed by atoms with Gasteiger partial charge in [-0.2, -0.15) is 0 Å². The molecule has 0 bridgehead atoms. The smallest absolute Gasteiger partial charge is 0.0300 e. The molecule has 0 spiro atoms. The monoisotopic (exact) mass is 123 g/mol. The third-order valence-electron chi connectivity index (χ3n) is 1.73. The Kier molecular flexibility index (Phi) is 1.60. The summed E-state index contributed by atoms with van der Waals surface area (Å²) < 4.78 is 0. The van der Waals surface area contributed by atoms with Gasteiger partial charge in [0.05, 0.1) is 0 Å². The Morgan fingerprint density at radius 3 is 2.78 bits per heavy atom. The molecule has 0 fully saturated rings. The molecule has 0 saturated carbocycles. The minimum absolute atomic E-state index is 0.678. The summed E-state index contributed by atoms with van der Waals surface area (Å²) in [6.45, 7) is 4.29. The van der Waals surface area contributed by atoms with Crippen LogP contribution in [0.15, 0.2) is 23.4 Å². The molecule has 1 rings (SSSR count). The van der Waals surface area contributed by atoms with Crippen molar-refractivity contribution in [3.8, 4) is 0 Å². The SMILES string of the molecule is CC1=C(N)C=CC(C)C1. The summed E-state index contributed by atoms with van der Waals surface area (Å²) in [7, 11) is 0. The Bertz CT molecular complexity index is 165. The highest BCUT2D eigenvalue weighted by atomic mass is 14.6. The molecule has 0 heterocycles. The van der Waals surface area contributed by atoms with Crippen molar-refractivity contribution in [3.63, 3.8) is 0 Å². The number of hydrogen-bond donors (Lipinski definition) is 1. The first-order chi connectivity index (χ1) is 4.20. The fraction of sp³-hybridized carbons (Fsp3) is 0.500. The van der Waals surface area contributed by atoms with E-state index in [1.165, 1.54) is 5.57 Å². The van der Waals surface area contributed by atoms with Gasteiger partial charge in [0.2, 0.25) is 0 Å². The van der Waals surface area contributed by atoms with E-state index in [9.17, 15) is 0 Å². The molecule has 0 saturated heterocycles. The van der Waals surface area contributed by atoms with Gasteiger partial charge in [-0.3, -0.25) is 0 Å². The minimum Gasteiger partial charge on any atom is -0.399 e. The van der Waals surface area contributed by atoms with Crippen LogP contribution in [0, 0.1) is 5.92 Å². The van der Waals surface area contributed by atoms with Gasteiger partial charge in [-0.25, -0.2) is 0 Å². The minimum atomic E-state index is 0.678. The van der Waals surface area contributed by atoms with Gasteiger partial charge >= 0.3 is 0 Å². The fourth-order valence-electron chi connectivity index (χ4n) is 1.08. The van der Waals surface area contributed by atoms with Gasteiger partial charge in [0.15, 0.2) is 0 Å². The van der Waals surface area contributed by atoms with E-state index in [2.05, 4.69) is 19.9 Å². The largest absolute Gasteiger partial charge is 0.399 e. The van der Waals surface area contributed by atoms with Gasteiger partial charge < -0.3 is 5.73 Å². The lowest BCUT2D eigenvalue weighted by molar-refractivity contribution is 0.698. The maximum Gasteiger partial charge on any atom is 0.0300 e. The molecule has 1 heteroatoms. The molecule has 0 aromatic carbocycles. The summed E-state index contributed by atoms with van der Waals surface area (Å²) in [5.74, 6) is 0.678. The van der Waals surface area contributed by atoms with Crippen molar-refractivity contribution in [3.05, 3.63) is 23.4 Å². The van der Waals surface area contributed by atoms with Crippen LogP contribution in [0.3, 0.4) is 0 Å². The third-order valence-corrected chi connectivity index (χ3v) is 1.73. The number of nitrogens with two attached hydrogens (primary N) is 1. The van der Waals surface area contributed by atoms with Crippen molar-refractivity contribution in [2.75, 3.05) is 0 Å². The van der Waals surface area contributed by atoms with Crippen molar-refractivity contribution in [2.45, 2.75) is 20.3 Å². The third kappa shape index (κ3) is 1.35. The first-order valence-electron chi connectivity index (χ1n) is 3.33. The van der Waals surface area contributed by atoms with Crippen molar-refractivity contribution < 1.29 is 0 Å². The zero-order chi connectivity index (χ0) is 6.85. The summed E-state index contributed by atoms with van der Waals surface area (Å²) >= 11 is 0. The predicted molar refractivity (Wildman–Crippen MR) is 39.8 cm³/mol. The predicted octanol–water partition coefficient (Wildman–Crippen LogP) is 1.82. The Labute approximate surface area is 56.2 Å². The van der Waals surface area contributed by atoms with Gasteiger partial charge in [-0.05, 0) is 30.9 Å². The summed E-state index contributed by atoms with van der Waals surface area (Å²) in [6.07, 6.45) is 5.29. The van der Waals surface area contributed by atoms with Gasteiger partial charge in [0.25, 0.3) is 0 Å². The van der Waals surface area contributed by atoms with Crippen molar-refractivity contribution >= 4 is 0 Å². The first-order valence-corrected chi connectivity index (χ1v) is 3.33. The van der Waals surface area contributed by atoms with Crippen molar-refractivity contribution in [1.82, 2.24) is 0 Å². The topological polar surface area (TPSA) is 26.0 Å². The lowest BCUT2D eigenvalue weighted by Gasteiger charge is -2.13. The van der Waals surface area contributed by atoms with E-state index in [0.717, 1.165) is 12.1 Å². The molecule has 9 heavy (non-hydrogen) atoms. The van der Waals surface area contributed by atoms with Crippen LogP contribution in [0.4, 0.5) is 0 Å². The van der Waals surface area contributed by atoms with Crippen LogP contribution in [-0.4, -0.2) is 0 Å². The molecular formula is C8H13N. The van der Waals surface area contributed by atoms with E-state index < -0.39 is 0 Å². The van der Waals surface area contributed by atoms with Crippen LogP contribution < -0.4 is 5.73 Å². The Morgan fingerprint density at radius 2 is 2.33 bits per heavy atom. The van der Waals surface area contributed by atoms with E-state index >= 15 is 0 Å². The molecule has 1 aliphatic rings. The standard InChI is InChI=1S/C8H13N/c1-6-3-4-8(9)7(2)5-6/h3-4,6H,5,9H2,1-2H3. The second-order valence-corrected chi connectivity index (χ2v) is 2.78. The van der Waals surface area contributed by atoms with E-state index in [0.29, 0.717) is 5.92 Å². The van der Waals surface area contributed by atoms with Crippen molar-refractivity contribution in [2.24, 2.45) is 11.7 Å². The van der Waals surface area contributed by atoms with Gasteiger partial charge in [-0.1, -0.05) is 13.0 Å². The number of rotatable bonds is 0. The zero-order valence-corrected chi connectivity index (χ0v) is 6.02. The highest BCUT2D eigenvalue weighted by Crippen LogP contribution is 2.19. The lowest BCUT2D eigenvalue weighted by Crippen LogP contribution is -2.05. The molecule has 0 radical (unpaired) electrons. The van der Waals surface area contributed by atoms with Crippen LogP contribution >= 0.6 is 0 Å². The van der Waals surface area contributed by atoms with Gasteiger partial charge in [0, 0.05) is 5.70 Å². The Morgan fingerprint density at radius 1 is 1.67 bits per heavy atom. The summed E-state index contributed by atoms with van der Waals surface area (Å²) in [6, 6.07) is 0. The van der Waals surface area contributed by atoms with Crippen LogP contribution in [-0.2, 0) is 0 Å². The first kappa shape index (κ1) is 6.40. The quantitative estimate of drug-likeness (QED) is 0.522. The highest BCUT2D eigenvalue weighted by Gasteiger charge is 2.05. The maximum atomic E-state index is 5.63. The van der Waals surface area contributed by atoms with Crippen molar-refractivity contribution in [1.29, 1.82) is 0 Å². The highest BCUT2D eigenvalue weighted by molar-refractivity contribution is 5.26. The molecule has 0 aromatic heterocycles. The normalized spacial score (nSPS) is 27.1. The van der Waals surface area contributed by atoms with Crippen LogP contribution in [0.1, 0.15) is 20.3 Å². The molecular weight excluding hydrogens is 110 g/mol. The Hall–Kier alpha value is -0.720. The maximum absolute atomic E-state index is 5.63. The van der Waals surface area contributed by atoms with Gasteiger partial charge in [-0.15, -0.1) is 0 Å². The molecule has 50 valence electrons. The molecule has 1 nitrogen and oxygen atoms in total. The molecule has 0 aromatic rings. The van der Waals surface area contributed by atoms with E-state index in [1.54, 1.807) is 0 Å². The molecule has 1 atom stereocenters. The summed E-state index contributed by atoms with van der Waals surface area (Å²) in [4.78, 5) is 0. The van der Waals surface area contributed by atoms with E-state index in [-0.39, 0.29) is 0 Å². The summed E-state index contributed by atoms with van der Waals surface area (Å²) in [5, 5.41) is 0. The van der Waals surface area contributed by atoms with Crippen LogP contribution in [0.25, 0.3) is 0 Å². The lowest BCUT2D eigenvalue weighted by atomic mass is 9.95. The number of hydrogen-bond acceptors (Lipinski definition) is 1. The molecule has 0 aliphatic heterocycles. The van der Waals surface area contributed by atoms with Crippen LogP contribution in [0.2, 0.25) is 0 Å². The second-order valence-electron chi connectivity index (χ2n) is 2.78. The molecule has 1 aliphatic carbocycles. The molecule has 0 amide bonds. The van der Waals surface area contributed by atoms with Gasteiger partial charge in [0.1, 0.15) is 0 Å². The van der Waals surface area contributed by atoms with Crippen LogP contribution in [0.5, 0.6) is 0 Å². The number of allylic oxidation sites excluding steroid dienone is 3. The van der Waals surface area contributed by atoms with E-state index in [1.807, 2.05) is 6.08 Å². The summed E-state index contributed by atoms with van der Waals surface area (Å²) in [5.41, 5.74) is 7.91. The average molecular weight is 123 g/mol. The second kappa shape index (κ2) is 2.26. The van der Waals surface area contributed by atoms with E-state index in [4.69, 9.17) is 5.73 Å². The Balaban J connectivity index is 2.75. The fourth-order valence-corrected chi connectivity index (χ4v) is 1.08. The average Bonchev–Trinajstić information content (AvgIpc) is 1.80. The molecule has 2 N–H and O–H groups in total. The zero-order valence-electron chi connectivity index (χ0n) is 6.02.